The minimum Gasteiger partial charge on any atom is -0.478 e. The van der Waals surface area contributed by atoms with Crippen molar-refractivity contribution in [3.05, 3.63) is 28.2 Å². The molecule has 1 atom stereocenters. The Balaban J connectivity index is 3.05. The Morgan fingerprint density at radius 3 is 2.63 bits per heavy atom. The number of benzene rings is 1. The molecule has 0 fully saturated rings. The molecule has 0 heterocycles. The second-order valence-corrected chi connectivity index (χ2v) is 6.46. The van der Waals surface area contributed by atoms with Crippen LogP contribution in [0.5, 0.6) is 0 Å². The average molecular weight is 352 g/mol. The molecule has 1 unspecified atom stereocenters. The molecular weight excluding hydrogens is 338 g/mol. The van der Waals surface area contributed by atoms with E-state index in [-0.39, 0.29) is 27.6 Å². The maximum absolute atomic E-state index is 12.1. The predicted molar refractivity (Wildman–Crippen MR) is 72.8 cm³/mol. The number of carbonyl (C=O) groups is 1. The van der Waals surface area contributed by atoms with E-state index >= 15 is 0 Å². The highest BCUT2D eigenvalue weighted by Crippen LogP contribution is 2.23. The van der Waals surface area contributed by atoms with Gasteiger partial charge in [-0.15, -0.1) is 0 Å². The molecule has 19 heavy (non-hydrogen) atoms. The number of rotatable bonds is 6. The van der Waals surface area contributed by atoms with Crippen molar-refractivity contribution < 1.29 is 23.1 Å². The lowest BCUT2D eigenvalue weighted by Crippen LogP contribution is -2.35. The van der Waals surface area contributed by atoms with Crippen LogP contribution in [-0.4, -0.2) is 39.3 Å². The van der Waals surface area contributed by atoms with E-state index in [9.17, 15) is 13.2 Å². The summed E-state index contributed by atoms with van der Waals surface area (Å²) in [4.78, 5) is 10.8. The summed E-state index contributed by atoms with van der Waals surface area (Å²) < 4.78 is 31.6. The zero-order valence-corrected chi connectivity index (χ0v) is 12.8. The highest BCUT2D eigenvalue weighted by atomic mass is 79.9. The van der Waals surface area contributed by atoms with Gasteiger partial charge in [0.1, 0.15) is 0 Å². The fourth-order valence-electron chi connectivity index (χ4n) is 1.46. The number of methoxy groups -OCH3 is 1. The molecular formula is C11H14BrNO5S. The van der Waals surface area contributed by atoms with E-state index in [2.05, 4.69) is 20.7 Å². The van der Waals surface area contributed by atoms with Crippen molar-refractivity contribution in [3.63, 3.8) is 0 Å². The molecule has 0 bridgehead atoms. The minimum atomic E-state index is -3.72. The van der Waals surface area contributed by atoms with Gasteiger partial charge in [-0.25, -0.2) is 17.9 Å². The summed E-state index contributed by atoms with van der Waals surface area (Å²) in [6.07, 6.45) is 0. The van der Waals surface area contributed by atoms with E-state index in [0.717, 1.165) is 0 Å². The van der Waals surface area contributed by atoms with Gasteiger partial charge < -0.3 is 9.84 Å². The van der Waals surface area contributed by atoms with Crippen molar-refractivity contribution in [2.75, 3.05) is 13.7 Å². The summed E-state index contributed by atoms with van der Waals surface area (Å²) >= 11 is 3.07. The molecule has 0 saturated heterocycles. The first kappa shape index (κ1) is 16.1. The third kappa shape index (κ3) is 4.27. The second-order valence-electron chi connectivity index (χ2n) is 3.93. The monoisotopic (exact) mass is 351 g/mol. The van der Waals surface area contributed by atoms with Crippen molar-refractivity contribution in [3.8, 4) is 0 Å². The summed E-state index contributed by atoms with van der Waals surface area (Å²) in [6.45, 7) is 1.91. The Kier molecular flexibility index (Phi) is 5.48. The largest absolute Gasteiger partial charge is 0.478 e. The van der Waals surface area contributed by atoms with Gasteiger partial charge in [0, 0.05) is 17.6 Å². The zero-order valence-electron chi connectivity index (χ0n) is 10.4. The van der Waals surface area contributed by atoms with E-state index in [1.165, 1.54) is 25.3 Å². The number of sulfonamides is 1. The van der Waals surface area contributed by atoms with Gasteiger partial charge >= 0.3 is 5.97 Å². The molecule has 2 N–H and O–H groups in total. The van der Waals surface area contributed by atoms with Crippen molar-refractivity contribution in [2.45, 2.75) is 17.9 Å². The molecule has 0 aliphatic carbocycles. The summed E-state index contributed by atoms with van der Waals surface area (Å²) in [5, 5.41) is 8.82. The van der Waals surface area contributed by atoms with E-state index < -0.39 is 16.0 Å². The SMILES string of the molecule is COCC(C)NS(=O)(=O)c1ccc(C(=O)O)cc1Br. The number of halogens is 1. The third-order valence-corrected chi connectivity index (χ3v) is 4.81. The van der Waals surface area contributed by atoms with Crippen LogP contribution in [0.15, 0.2) is 27.6 Å². The van der Waals surface area contributed by atoms with Crippen LogP contribution in [0, 0.1) is 0 Å². The molecule has 1 aromatic carbocycles. The van der Waals surface area contributed by atoms with Crippen LogP contribution in [0.1, 0.15) is 17.3 Å². The Bertz CT molecular complexity index is 572. The van der Waals surface area contributed by atoms with Gasteiger partial charge in [0.2, 0.25) is 10.0 Å². The number of carboxylic acids is 1. The van der Waals surface area contributed by atoms with Crippen LogP contribution in [0.2, 0.25) is 0 Å². The topological polar surface area (TPSA) is 92.7 Å². The summed E-state index contributed by atoms with van der Waals surface area (Å²) in [7, 11) is -2.25. The zero-order chi connectivity index (χ0) is 14.6. The van der Waals surface area contributed by atoms with Gasteiger partial charge in [0.25, 0.3) is 0 Å². The highest BCUT2D eigenvalue weighted by Gasteiger charge is 2.21. The van der Waals surface area contributed by atoms with Crippen molar-refractivity contribution in [1.82, 2.24) is 4.72 Å². The molecule has 0 saturated carbocycles. The summed E-state index contributed by atoms with van der Waals surface area (Å²) in [6, 6.07) is 3.34. The summed E-state index contributed by atoms with van der Waals surface area (Å²) in [5.41, 5.74) is 0.00997. The van der Waals surface area contributed by atoms with Crippen molar-refractivity contribution in [1.29, 1.82) is 0 Å². The van der Waals surface area contributed by atoms with Crippen LogP contribution in [0.25, 0.3) is 0 Å². The Labute approximate surface area is 120 Å². The van der Waals surface area contributed by atoms with Gasteiger partial charge in [0.15, 0.2) is 0 Å². The van der Waals surface area contributed by atoms with E-state index in [0.29, 0.717) is 0 Å². The first-order valence-electron chi connectivity index (χ1n) is 5.32. The quantitative estimate of drug-likeness (QED) is 0.809. The molecule has 0 radical (unpaired) electrons. The van der Waals surface area contributed by atoms with Gasteiger partial charge in [0.05, 0.1) is 17.1 Å². The van der Waals surface area contributed by atoms with E-state index in [1.807, 2.05) is 0 Å². The number of ether oxygens (including phenoxy) is 1. The van der Waals surface area contributed by atoms with Crippen LogP contribution >= 0.6 is 15.9 Å². The second kappa shape index (κ2) is 6.47. The van der Waals surface area contributed by atoms with Crippen molar-refractivity contribution in [2.24, 2.45) is 0 Å². The Hall–Kier alpha value is -0.960. The Morgan fingerprint density at radius 2 is 2.16 bits per heavy atom. The lowest BCUT2D eigenvalue weighted by atomic mass is 10.2. The lowest BCUT2D eigenvalue weighted by molar-refractivity contribution is 0.0696. The Morgan fingerprint density at radius 1 is 1.53 bits per heavy atom. The van der Waals surface area contributed by atoms with Gasteiger partial charge in [-0.2, -0.15) is 0 Å². The molecule has 1 aromatic rings. The molecule has 106 valence electrons. The minimum absolute atomic E-state index is 0.00997. The molecule has 0 aromatic heterocycles. The van der Waals surface area contributed by atoms with Crippen LogP contribution < -0.4 is 4.72 Å². The lowest BCUT2D eigenvalue weighted by Gasteiger charge is -2.14. The predicted octanol–water partition coefficient (Wildman–Crippen LogP) is 1.46. The van der Waals surface area contributed by atoms with Gasteiger partial charge in [-0.1, -0.05) is 0 Å². The van der Waals surface area contributed by atoms with Crippen LogP contribution in [-0.2, 0) is 14.8 Å². The highest BCUT2D eigenvalue weighted by molar-refractivity contribution is 9.10. The van der Waals surface area contributed by atoms with E-state index in [1.54, 1.807) is 6.92 Å². The fraction of sp³-hybridized carbons (Fsp3) is 0.364. The molecule has 0 aliphatic rings. The smallest absolute Gasteiger partial charge is 0.335 e. The number of aromatic carboxylic acids is 1. The normalized spacial score (nSPS) is 13.2. The van der Waals surface area contributed by atoms with Crippen molar-refractivity contribution >= 4 is 31.9 Å². The first-order chi connectivity index (χ1) is 8.77. The molecule has 8 heteroatoms. The number of carboxylic acid groups (broad SMARTS) is 1. The van der Waals surface area contributed by atoms with Gasteiger partial charge in [-0.3, -0.25) is 0 Å². The number of hydrogen-bond acceptors (Lipinski definition) is 4. The van der Waals surface area contributed by atoms with E-state index in [4.69, 9.17) is 9.84 Å². The maximum Gasteiger partial charge on any atom is 0.335 e. The first-order valence-corrected chi connectivity index (χ1v) is 7.59. The molecule has 6 nitrogen and oxygen atoms in total. The molecule has 0 aliphatic heterocycles. The molecule has 1 rings (SSSR count). The maximum atomic E-state index is 12.1. The third-order valence-electron chi connectivity index (χ3n) is 2.24. The average Bonchev–Trinajstić information content (AvgIpc) is 2.27. The molecule has 0 amide bonds. The van der Waals surface area contributed by atoms with Crippen LogP contribution in [0.4, 0.5) is 0 Å². The van der Waals surface area contributed by atoms with Gasteiger partial charge in [-0.05, 0) is 41.1 Å². The summed E-state index contributed by atoms with van der Waals surface area (Å²) in [5.74, 6) is -1.12. The standard InChI is InChI=1S/C11H14BrNO5S/c1-7(6-18-2)13-19(16,17)10-4-3-8(11(14)15)5-9(10)12/h3-5,7,13H,6H2,1-2H3,(H,14,15). The fourth-order valence-corrected chi connectivity index (χ4v) is 3.77. The number of nitrogens with one attached hydrogen (secondary N) is 1. The molecule has 0 spiro atoms. The van der Waals surface area contributed by atoms with Crippen LogP contribution in [0.3, 0.4) is 0 Å². The number of hydrogen-bond donors (Lipinski definition) is 2.